The van der Waals surface area contributed by atoms with Crippen molar-refractivity contribution in [2.75, 3.05) is 5.32 Å². The summed E-state index contributed by atoms with van der Waals surface area (Å²) >= 11 is 1.62. The van der Waals surface area contributed by atoms with Crippen LogP contribution in [-0.2, 0) is 6.54 Å². The lowest BCUT2D eigenvalue weighted by Gasteiger charge is -2.15. The van der Waals surface area contributed by atoms with Crippen molar-refractivity contribution in [3.8, 4) is 0 Å². The second-order valence-corrected chi connectivity index (χ2v) is 5.45. The van der Waals surface area contributed by atoms with Gasteiger partial charge in [-0.2, -0.15) is 5.10 Å². The highest BCUT2D eigenvalue weighted by atomic mass is 32.1. The van der Waals surface area contributed by atoms with E-state index in [2.05, 4.69) is 39.2 Å². The van der Waals surface area contributed by atoms with Crippen molar-refractivity contribution in [1.82, 2.24) is 24.7 Å². The highest BCUT2D eigenvalue weighted by molar-refractivity contribution is 7.16. The Morgan fingerprint density at radius 3 is 3.05 bits per heavy atom. The smallest absolute Gasteiger partial charge is 0.149 e. The van der Waals surface area contributed by atoms with E-state index in [1.807, 2.05) is 23.1 Å². The summed E-state index contributed by atoms with van der Waals surface area (Å²) in [5, 5.41) is 10.7. The minimum atomic E-state index is 0.0369. The van der Waals surface area contributed by atoms with Crippen LogP contribution in [0.1, 0.15) is 31.5 Å². The van der Waals surface area contributed by atoms with Crippen LogP contribution in [0, 0.1) is 6.92 Å². The van der Waals surface area contributed by atoms with Crippen molar-refractivity contribution in [3.63, 3.8) is 0 Å². The maximum absolute atomic E-state index is 4.51. The predicted octanol–water partition coefficient (Wildman–Crippen LogP) is 2.78. The number of nitrogens with one attached hydrogen (secondary N) is 1. The third-order valence-corrected chi connectivity index (χ3v) is 3.93. The fraction of sp³-hybridized carbons (Fsp3) is 0.385. The number of nitrogens with zero attached hydrogens (tertiary/aromatic N) is 5. The number of aromatic nitrogens is 5. The summed E-state index contributed by atoms with van der Waals surface area (Å²) in [6, 6.07) is 2.08. The van der Waals surface area contributed by atoms with Crippen LogP contribution in [0.3, 0.4) is 0 Å². The van der Waals surface area contributed by atoms with E-state index in [0.717, 1.165) is 34.2 Å². The van der Waals surface area contributed by atoms with Gasteiger partial charge >= 0.3 is 0 Å². The normalized spacial score (nSPS) is 12.8. The number of fused-ring (bicyclic) bond motifs is 1. The van der Waals surface area contributed by atoms with Gasteiger partial charge in [0.1, 0.15) is 28.6 Å². The van der Waals surface area contributed by atoms with Crippen molar-refractivity contribution in [2.24, 2.45) is 0 Å². The monoisotopic (exact) mass is 288 g/mol. The molecule has 3 rings (SSSR count). The molecule has 6 nitrogen and oxygen atoms in total. The molecule has 1 N–H and O–H groups in total. The van der Waals surface area contributed by atoms with Gasteiger partial charge in [0.2, 0.25) is 0 Å². The molecule has 20 heavy (non-hydrogen) atoms. The third kappa shape index (κ3) is 2.24. The Hall–Kier alpha value is -2.02. The second kappa shape index (κ2) is 5.16. The predicted molar refractivity (Wildman–Crippen MR) is 79.9 cm³/mol. The number of hydrogen-bond acceptors (Lipinski definition) is 6. The molecule has 3 aromatic heterocycles. The molecular formula is C13H16N6S. The van der Waals surface area contributed by atoms with Gasteiger partial charge in [-0.1, -0.05) is 0 Å². The summed E-state index contributed by atoms with van der Waals surface area (Å²) in [4.78, 5) is 14.3. The van der Waals surface area contributed by atoms with Gasteiger partial charge in [-0.3, -0.25) is 0 Å². The van der Waals surface area contributed by atoms with Crippen molar-refractivity contribution < 1.29 is 0 Å². The Kier molecular flexibility index (Phi) is 3.35. The van der Waals surface area contributed by atoms with Crippen LogP contribution < -0.4 is 5.32 Å². The summed E-state index contributed by atoms with van der Waals surface area (Å²) in [6.45, 7) is 6.82. The van der Waals surface area contributed by atoms with Gasteiger partial charge in [0.25, 0.3) is 0 Å². The first-order valence-corrected chi connectivity index (χ1v) is 7.43. The molecule has 0 saturated carbocycles. The van der Waals surface area contributed by atoms with Crippen molar-refractivity contribution in [1.29, 1.82) is 0 Å². The Balaban J connectivity index is 1.95. The largest absolute Gasteiger partial charge is 0.360 e. The lowest BCUT2D eigenvalue weighted by molar-refractivity contribution is 0.592. The van der Waals surface area contributed by atoms with Crippen molar-refractivity contribution in [3.05, 3.63) is 29.4 Å². The van der Waals surface area contributed by atoms with Crippen LogP contribution in [-0.4, -0.2) is 24.7 Å². The zero-order valence-corrected chi connectivity index (χ0v) is 12.5. The molecule has 0 unspecified atom stereocenters. The molecule has 3 aromatic rings. The van der Waals surface area contributed by atoms with Crippen LogP contribution in [0.4, 0.5) is 5.82 Å². The Morgan fingerprint density at radius 2 is 2.25 bits per heavy atom. The second-order valence-electron chi connectivity index (χ2n) is 4.56. The van der Waals surface area contributed by atoms with E-state index >= 15 is 0 Å². The first-order chi connectivity index (χ1) is 9.69. The number of hydrogen-bond donors (Lipinski definition) is 1. The summed E-state index contributed by atoms with van der Waals surface area (Å²) in [5.41, 5.74) is 0. The zero-order chi connectivity index (χ0) is 14.1. The van der Waals surface area contributed by atoms with E-state index < -0.39 is 0 Å². The topological polar surface area (TPSA) is 68.5 Å². The molecular weight excluding hydrogens is 272 g/mol. The molecule has 0 bridgehead atoms. The van der Waals surface area contributed by atoms with Crippen LogP contribution >= 0.6 is 11.3 Å². The number of rotatable bonds is 4. The molecule has 104 valence electrons. The van der Waals surface area contributed by atoms with E-state index in [-0.39, 0.29) is 6.04 Å². The molecule has 0 aromatic carbocycles. The van der Waals surface area contributed by atoms with Gasteiger partial charge in [-0.05, 0) is 32.2 Å². The van der Waals surface area contributed by atoms with Gasteiger partial charge in [-0.25, -0.2) is 19.6 Å². The minimum absolute atomic E-state index is 0.0369. The van der Waals surface area contributed by atoms with Gasteiger partial charge in [-0.15, -0.1) is 11.3 Å². The number of anilines is 1. The van der Waals surface area contributed by atoms with Crippen LogP contribution in [0.15, 0.2) is 17.8 Å². The van der Waals surface area contributed by atoms with E-state index in [0.29, 0.717) is 0 Å². The fourth-order valence-corrected chi connectivity index (χ4v) is 3.00. The average Bonchev–Trinajstić information content (AvgIpc) is 3.06. The lowest BCUT2D eigenvalue weighted by Crippen LogP contribution is -2.15. The van der Waals surface area contributed by atoms with Gasteiger partial charge in [0, 0.05) is 6.54 Å². The van der Waals surface area contributed by atoms with Crippen molar-refractivity contribution in [2.45, 2.75) is 33.4 Å². The summed E-state index contributed by atoms with van der Waals surface area (Å²) in [5.74, 6) is 2.53. The van der Waals surface area contributed by atoms with E-state index in [9.17, 15) is 0 Å². The average molecular weight is 288 g/mol. The van der Waals surface area contributed by atoms with E-state index in [1.165, 1.54) is 0 Å². The molecule has 0 fully saturated rings. The molecule has 0 aliphatic carbocycles. The summed E-state index contributed by atoms with van der Waals surface area (Å²) in [6.07, 6.45) is 1.59. The maximum atomic E-state index is 4.51. The van der Waals surface area contributed by atoms with Crippen molar-refractivity contribution >= 4 is 27.4 Å². The van der Waals surface area contributed by atoms with E-state index in [1.54, 1.807) is 17.7 Å². The number of aryl methyl sites for hydroxylation is 2. The molecule has 0 saturated heterocycles. The Bertz CT molecular complexity index is 731. The molecule has 0 spiro atoms. The molecule has 0 aliphatic rings. The summed E-state index contributed by atoms with van der Waals surface area (Å²) in [7, 11) is 0. The Morgan fingerprint density at radius 1 is 1.40 bits per heavy atom. The number of thiophene rings is 1. The molecule has 7 heteroatoms. The van der Waals surface area contributed by atoms with E-state index in [4.69, 9.17) is 0 Å². The van der Waals surface area contributed by atoms with Gasteiger partial charge < -0.3 is 5.32 Å². The quantitative estimate of drug-likeness (QED) is 0.799. The Labute approximate surface area is 120 Å². The lowest BCUT2D eigenvalue weighted by atomic mass is 10.3. The van der Waals surface area contributed by atoms with Gasteiger partial charge in [0.15, 0.2) is 0 Å². The highest BCUT2D eigenvalue weighted by Gasteiger charge is 2.15. The molecule has 3 heterocycles. The first-order valence-electron chi connectivity index (χ1n) is 6.55. The third-order valence-electron chi connectivity index (χ3n) is 3.12. The van der Waals surface area contributed by atoms with Crippen LogP contribution in [0.25, 0.3) is 10.2 Å². The van der Waals surface area contributed by atoms with Crippen LogP contribution in [0.2, 0.25) is 0 Å². The standard InChI is InChI=1S/C13H16N6S/c1-4-19-12(14-7-15-19)8(2)16-11-10-5-6-20-13(10)18-9(3)17-11/h5-8H,4H2,1-3H3,(H,16,17,18)/t8-/m1/s1. The SMILES string of the molecule is CCn1ncnc1[C@@H](C)Nc1nc(C)nc2sccc12. The highest BCUT2D eigenvalue weighted by Crippen LogP contribution is 2.27. The molecule has 1 atom stereocenters. The summed E-state index contributed by atoms with van der Waals surface area (Å²) < 4.78 is 1.89. The zero-order valence-electron chi connectivity index (χ0n) is 11.7. The maximum Gasteiger partial charge on any atom is 0.149 e. The minimum Gasteiger partial charge on any atom is -0.360 e. The van der Waals surface area contributed by atoms with Crippen LogP contribution in [0.5, 0.6) is 0 Å². The molecule has 0 radical (unpaired) electrons. The first kappa shape index (κ1) is 13.0. The van der Waals surface area contributed by atoms with Gasteiger partial charge in [0.05, 0.1) is 11.4 Å². The molecule has 0 amide bonds. The fourth-order valence-electron chi connectivity index (χ4n) is 2.19. The molecule has 0 aliphatic heterocycles.